The van der Waals surface area contributed by atoms with E-state index < -0.39 is 236 Å². The van der Waals surface area contributed by atoms with Crippen LogP contribution in [0.25, 0.3) is 0 Å². The van der Waals surface area contributed by atoms with E-state index in [0.29, 0.717) is 12.8 Å². The van der Waals surface area contributed by atoms with Crippen molar-refractivity contribution in [3.8, 4) is 0 Å². The molecule has 32 heteroatoms. The molecule has 32 nitrogen and oxygen atoms in total. The van der Waals surface area contributed by atoms with Crippen molar-refractivity contribution in [2.45, 2.75) is 255 Å². The SMILES string of the molecule is CC/C=C\C/C=C\C/C=C\CCCCCCC(O[C@@H]1[C@@H](O)[C@H]2O[C@H]3[C@H](O)[C@@H](O)[C@@H](O[C@H]4[C@H](O)[C@@H](O)[C@@H](O[C@H]5[C@H](O)[C@@H](O)[C@@H](O[C@H]6[C@H](O)[C@@H](O)[C@@H](O[C@H]7[C@H](O)[C@@H](O)[C@@H](O[C@H]1[C@@H](CO)O2)O[C@@H]7CO)O[C@@H]6CO)O[C@@H]5CO)O[C@@H]4CO)O[C@@H]3CO)C(=O)O. The van der Waals surface area contributed by atoms with Gasteiger partial charge in [0, 0.05) is 0 Å². The van der Waals surface area contributed by atoms with E-state index in [1.54, 1.807) is 0 Å². The van der Waals surface area contributed by atoms with Gasteiger partial charge in [0.05, 0.1) is 39.6 Å². The predicted molar refractivity (Wildman–Crippen MR) is 281 cm³/mol. The second kappa shape index (κ2) is 33.7. The first-order valence-electron chi connectivity index (χ1n) is 29.1. The molecule has 22 fully saturated rings. The fraction of sp³-hybridized carbons (Fsp3) is 0.870. The zero-order valence-electron chi connectivity index (χ0n) is 47.2. The minimum atomic E-state index is -2.24. The maximum atomic E-state index is 13.0. The predicted octanol–water partition coefficient (Wildman–Crippen LogP) is -7.38. The zero-order valence-corrected chi connectivity index (χ0v) is 47.2. The molecule has 496 valence electrons. The quantitative estimate of drug-likeness (QED) is 0.0375. The van der Waals surface area contributed by atoms with E-state index in [9.17, 15) is 96.7 Å². The number of carboxylic acid groups (broad SMARTS) is 1. The van der Waals surface area contributed by atoms with E-state index in [4.69, 9.17) is 61.6 Å². The van der Waals surface area contributed by atoms with E-state index >= 15 is 0 Å². The largest absolute Gasteiger partial charge is 0.479 e. The molecule has 0 spiro atoms. The first-order valence-corrected chi connectivity index (χ1v) is 29.1. The lowest BCUT2D eigenvalue weighted by Gasteiger charge is -2.51. The van der Waals surface area contributed by atoms with Crippen molar-refractivity contribution < 1.29 is 158 Å². The Bertz CT molecular complexity index is 2080. The monoisotopic (exact) mass is 1250 g/mol. The number of hydrogen-bond donors (Lipinski definition) is 18. The summed E-state index contributed by atoms with van der Waals surface area (Å²) < 4.78 is 76.0. The van der Waals surface area contributed by atoms with Gasteiger partial charge in [-0.1, -0.05) is 62.6 Å². The molecule has 12 bridgehead atoms. The Hall–Kier alpha value is -2.51. The normalized spacial score (nSPS) is 45.9. The first-order chi connectivity index (χ1) is 41.3. The van der Waals surface area contributed by atoms with Crippen LogP contribution in [0.5, 0.6) is 0 Å². The number of aliphatic carboxylic acids is 1. The molecule has 0 aromatic carbocycles. The van der Waals surface area contributed by atoms with Gasteiger partial charge in [0.1, 0.15) is 146 Å². The van der Waals surface area contributed by atoms with Crippen LogP contribution in [0.1, 0.15) is 64.7 Å². The van der Waals surface area contributed by atoms with Crippen LogP contribution in [0.2, 0.25) is 0 Å². The molecule has 22 aliphatic rings. The Morgan fingerprint density at radius 2 is 0.640 bits per heavy atom. The average Bonchev–Trinajstić information content (AvgIpc) is 1.60. The van der Waals surface area contributed by atoms with Gasteiger partial charge in [-0.3, -0.25) is 0 Å². The summed E-state index contributed by atoms with van der Waals surface area (Å²) in [6.45, 7) is -4.18. The number of aliphatic hydroxyl groups is 17. The van der Waals surface area contributed by atoms with Crippen LogP contribution in [0, 0.1) is 0 Å². The van der Waals surface area contributed by atoms with Crippen molar-refractivity contribution in [3.05, 3.63) is 36.5 Å². The topological polar surface area (TPSA) is 501 Å². The number of ether oxygens (including phenoxy) is 13. The van der Waals surface area contributed by atoms with Gasteiger partial charge in [0.15, 0.2) is 43.8 Å². The standard InChI is InChI=1S/C54H88O32/c1-2-3-4-5-6-7-8-9-10-11-12-13-14-15-16-23(48(72)73)74-47-40(71)54-80-29(22-60)46(47)86-53-39(70)34(65)44(27(20-58)79-53)84-51-37(68)32(63)42(25(18-56)77-51)82-49-35(66)30(61)41(24(17-55)75-49)81-50-36(67)31(62)43(26(19-57)76-50)83-52-38(69)33(64)45(85-54)28(21-59)78-52/h3-4,6-7,9-10,23-47,49-71H,2,5,8,11-22H2,1H3,(H,72,73)/b4-3-,7-6-,10-9-/t23?,24-,25-,26-,27-,28-,29-,30-,31-,32-,33-,34-,35-,36-,37-,38-,39-,40-,41-,42-,43-,44-,45-,46+,47-,49-,50-,51-,52-,53-,54-/m1/s1. The molecule has 0 saturated carbocycles. The number of carbonyl (C=O) groups is 1. The van der Waals surface area contributed by atoms with E-state index in [1.165, 1.54) is 0 Å². The van der Waals surface area contributed by atoms with E-state index in [0.717, 1.165) is 32.1 Å². The van der Waals surface area contributed by atoms with Gasteiger partial charge in [-0.2, -0.15) is 0 Å². The molecule has 18 N–H and O–H groups in total. The molecule has 1 unspecified atom stereocenters. The highest BCUT2D eigenvalue weighted by Crippen LogP contribution is 2.39. The molecule has 86 heavy (non-hydrogen) atoms. The summed E-state index contributed by atoms with van der Waals surface area (Å²) in [6.07, 6.45) is -43.9. The third kappa shape index (κ3) is 16.8. The van der Waals surface area contributed by atoms with Gasteiger partial charge in [-0.25, -0.2) is 4.79 Å². The smallest absolute Gasteiger partial charge is 0.332 e. The van der Waals surface area contributed by atoms with Crippen molar-refractivity contribution in [2.24, 2.45) is 0 Å². The Morgan fingerprint density at radius 3 is 0.953 bits per heavy atom. The number of carboxylic acids is 1. The van der Waals surface area contributed by atoms with Crippen LogP contribution in [0.3, 0.4) is 0 Å². The first kappa shape index (κ1) is 70.9. The Morgan fingerprint density at radius 1 is 0.360 bits per heavy atom. The third-order valence-electron chi connectivity index (χ3n) is 16.1. The third-order valence-corrected chi connectivity index (χ3v) is 16.1. The van der Waals surface area contributed by atoms with Crippen molar-refractivity contribution >= 4 is 5.97 Å². The molecular formula is C54H88O32. The highest BCUT2D eigenvalue weighted by atomic mass is 16.8. The molecular weight excluding hydrogens is 1160 g/mol. The number of rotatable bonds is 21. The summed E-state index contributed by atoms with van der Waals surface area (Å²) in [5.41, 5.74) is 0. The fourth-order valence-corrected chi connectivity index (χ4v) is 11.3. The summed E-state index contributed by atoms with van der Waals surface area (Å²) >= 11 is 0. The maximum absolute atomic E-state index is 13.0. The number of hydrogen-bond acceptors (Lipinski definition) is 31. The zero-order chi connectivity index (χ0) is 62.5. The van der Waals surface area contributed by atoms with Crippen LogP contribution >= 0.6 is 0 Å². The van der Waals surface area contributed by atoms with Gasteiger partial charge in [-0.15, -0.1) is 0 Å². The average molecular weight is 1250 g/mol. The summed E-state index contributed by atoms with van der Waals surface area (Å²) in [4.78, 5) is 13.0. The van der Waals surface area contributed by atoms with Crippen LogP contribution in [0.15, 0.2) is 36.5 Å². The van der Waals surface area contributed by atoms with Crippen molar-refractivity contribution in [1.29, 1.82) is 0 Å². The lowest BCUT2D eigenvalue weighted by molar-refractivity contribution is -0.405. The van der Waals surface area contributed by atoms with Crippen LogP contribution in [0.4, 0.5) is 0 Å². The summed E-state index contributed by atoms with van der Waals surface area (Å²) in [5.74, 6) is -1.52. The van der Waals surface area contributed by atoms with E-state index in [2.05, 4.69) is 31.2 Å². The molecule has 0 aromatic heterocycles. The number of unbranched alkanes of at least 4 members (excludes halogenated alkanes) is 4. The van der Waals surface area contributed by atoms with Gasteiger partial charge >= 0.3 is 5.97 Å². The Labute approximate surface area is 494 Å². The molecule has 22 rings (SSSR count). The van der Waals surface area contributed by atoms with Crippen LogP contribution < -0.4 is 0 Å². The van der Waals surface area contributed by atoms with Crippen LogP contribution in [-0.2, 0) is 66.4 Å². The van der Waals surface area contributed by atoms with Gasteiger partial charge in [0.25, 0.3) is 0 Å². The lowest BCUT2D eigenvalue weighted by Crippen LogP contribution is -2.69. The van der Waals surface area contributed by atoms with Gasteiger partial charge < -0.3 is 153 Å². The highest BCUT2D eigenvalue weighted by molar-refractivity contribution is 5.72. The molecule has 22 heterocycles. The number of allylic oxidation sites excluding steroid dienone is 6. The van der Waals surface area contributed by atoms with Crippen molar-refractivity contribution in [1.82, 2.24) is 0 Å². The second-order valence-electron chi connectivity index (χ2n) is 22.1. The summed E-state index contributed by atoms with van der Waals surface area (Å²) in [6, 6.07) is 0. The summed E-state index contributed by atoms with van der Waals surface area (Å²) in [5, 5.41) is 201. The van der Waals surface area contributed by atoms with Gasteiger partial charge in [-0.05, 0) is 38.5 Å². The van der Waals surface area contributed by atoms with E-state index in [1.807, 2.05) is 12.2 Å². The lowest BCUT2D eigenvalue weighted by atomic mass is 9.94. The molecule has 0 aromatic rings. The van der Waals surface area contributed by atoms with Gasteiger partial charge in [0.2, 0.25) is 0 Å². The molecule has 22 aliphatic heterocycles. The Balaban J connectivity index is 1.17. The second-order valence-corrected chi connectivity index (χ2v) is 22.1. The minimum absolute atomic E-state index is 0.155. The molecule has 22 saturated heterocycles. The summed E-state index contributed by atoms with van der Waals surface area (Å²) in [7, 11) is 0. The fourth-order valence-electron chi connectivity index (χ4n) is 11.3. The minimum Gasteiger partial charge on any atom is -0.479 e. The molecule has 0 aliphatic carbocycles. The van der Waals surface area contributed by atoms with Crippen molar-refractivity contribution in [2.75, 3.05) is 39.6 Å². The van der Waals surface area contributed by atoms with E-state index in [-0.39, 0.29) is 12.8 Å². The number of aliphatic hydroxyl groups excluding tert-OH is 17. The van der Waals surface area contributed by atoms with Crippen molar-refractivity contribution in [3.63, 3.8) is 0 Å². The Kier molecular flexibility index (Phi) is 27.8. The maximum Gasteiger partial charge on any atom is 0.332 e. The van der Waals surface area contributed by atoms with Crippen LogP contribution in [-0.4, -0.2) is 328 Å². The molecule has 0 amide bonds. The molecule has 0 radical (unpaired) electrons. The molecule has 31 atom stereocenters. The highest BCUT2D eigenvalue weighted by Gasteiger charge is 2.59.